The summed E-state index contributed by atoms with van der Waals surface area (Å²) < 4.78 is 8.38. The molecule has 2 aliphatic rings. The maximum atomic E-state index is 6.43. The molecule has 27 heavy (non-hydrogen) atoms. The Morgan fingerprint density at radius 2 is 2.04 bits per heavy atom. The van der Waals surface area contributed by atoms with E-state index in [-0.39, 0.29) is 12.3 Å². The number of hydrogen-bond donors (Lipinski definition) is 0. The quantitative estimate of drug-likeness (QED) is 0.355. The molecule has 1 aromatic heterocycles. The molecule has 2 atom stereocenters. The van der Waals surface area contributed by atoms with Crippen molar-refractivity contribution in [2.75, 3.05) is 0 Å². The smallest absolute Gasteiger partial charge is 0.213 e. The van der Waals surface area contributed by atoms with Gasteiger partial charge in [0.05, 0.1) is 21.1 Å². The zero-order valence-corrected chi connectivity index (χ0v) is 18.6. The summed E-state index contributed by atoms with van der Waals surface area (Å²) in [7, 11) is 0. The van der Waals surface area contributed by atoms with Crippen LogP contribution in [0.25, 0.3) is 0 Å². The lowest BCUT2D eigenvalue weighted by molar-refractivity contribution is -0.0197. The number of benzene rings is 2. The zero-order chi connectivity index (χ0) is 18.5. The Balaban J connectivity index is 1.65. The monoisotopic (exact) mass is 522 g/mol. The number of nitrogens with zero attached hydrogens (tertiary/aromatic N) is 2. The standard InChI is InChI=1S/C20H13Br2ClN2OS/c21-12-8-14-17-10-16(18-5-2-6-27-18)24-25(17)20(26-19(14)15(22)9-12)11-3-1-4-13(23)7-11/h1-9,17,20H,10H2. The third-order valence-corrected chi connectivity index (χ3v) is 6.95. The predicted octanol–water partition coefficient (Wildman–Crippen LogP) is 7.17. The van der Waals surface area contributed by atoms with E-state index in [1.165, 1.54) is 4.88 Å². The highest BCUT2D eigenvalue weighted by Gasteiger charge is 2.42. The Bertz CT molecular complexity index is 1050. The van der Waals surface area contributed by atoms with Crippen molar-refractivity contribution in [1.82, 2.24) is 5.01 Å². The molecule has 0 bridgehead atoms. The van der Waals surface area contributed by atoms with Gasteiger partial charge in [-0.3, -0.25) is 0 Å². The van der Waals surface area contributed by atoms with Crippen molar-refractivity contribution in [3.8, 4) is 5.75 Å². The second-order valence-electron chi connectivity index (χ2n) is 6.46. The van der Waals surface area contributed by atoms with Gasteiger partial charge in [-0.2, -0.15) is 5.10 Å². The van der Waals surface area contributed by atoms with Crippen molar-refractivity contribution in [3.05, 3.63) is 83.9 Å². The predicted molar refractivity (Wildman–Crippen MR) is 117 cm³/mol. The topological polar surface area (TPSA) is 24.8 Å². The largest absolute Gasteiger partial charge is 0.463 e. The van der Waals surface area contributed by atoms with Gasteiger partial charge in [0, 0.05) is 27.0 Å². The maximum Gasteiger partial charge on any atom is 0.213 e. The molecule has 0 amide bonds. The molecule has 0 aliphatic carbocycles. The molecule has 136 valence electrons. The van der Waals surface area contributed by atoms with Gasteiger partial charge in [0.1, 0.15) is 5.75 Å². The fourth-order valence-corrected chi connectivity index (χ4v) is 5.86. The fraction of sp³-hybridized carbons (Fsp3) is 0.150. The summed E-state index contributed by atoms with van der Waals surface area (Å²) in [4.78, 5) is 1.20. The lowest BCUT2D eigenvalue weighted by Gasteiger charge is -2.38. The Morgan fingerprint density at radius 3 is 2.81 bits per heavy atom. The molecule has 3 heterocycles. The molecule has 0 saturated heterocycles. The average molecular weight is 525 g/mol. The highest BCUT2D eigenvalue weighted by molar-refractivity contribution is 9.11. The minimum atomic E-state index is -0.323. The van der Waals surface area contributed by atoms with Crippen LogP contribution in [0.15, 0.2) is 68.0 Å². The van der Waals surface area contributed by atoms with E-state index in [0.29, 0.717) is 5.02 Å². The molecule has 0 saturated carbocycles. The summed E-state index contributed by atoms with van der Waals surface area (Å²) in [6.45, 7) is 0. The molecule has 7 heteroatoms. The van der Waals surface area contributed by atoms with Gasteiger partial charge in [0.15, 0.2) is 0 Å². The number of halogens is 3. The number of rotatable bonds is 2. The Kier molecular flexibility index (Phi) is 4.55. The van der Waals surface area contributed by atoms with E-state index in [2.05, 4.69) is 60.4 Å². The lowest BCUT2D eigenvalue weighted by Crippen LogP contribution is -2.33. The zero-order valence-electron chi connectivity index (χ0n) is 13.9. The van der Waals surface area contributed by atoms with Crippen molar-refractivity contribution in [3.63, 3.8) is 0 Å². The number of hydrogen-bond acceptors (Lipinski definition) is 4. The van der Waals surface area contributed by atoms with E-state index < -0.39 is 0 Å². The first-order chi connectivity index (χ1) is 13.1. The third-order valence-electron chi connectivity index (χ3n) is 4.75. The first-order valence-electron chi connectivity index (χ1n) is 8.41. The van der Waals surface area contributed by atoms with Crippen molar-refractivity contribution < 1.29 is 4.74 Å². The summed E-state index contributed by atoms with van der Waals surface area (Å²) in [6, 6.07) is 16.2. The van der Waals surface area contributed by atoms with Crippen molar-refractivity contribution >= 4 is 60.5 Å². The van der Waals surface area contributed by atoms with Gasteiger partial charge in [-0.05, 0) is 51.6 Å². The second-order valence-corrected chi connectivity index (χ2v) is 9.61. The maximum absolute atomic E-state index is 6.43. The number of ether oxygens (including phenoxy) is 1. The number of hydrazone groups is 1. The number of thiophene rings is 1. The number of fused-ring (bicyclic) bond motifs is 3. The molecule has 3 nitrogen and oxygen atoms in total. The highest BCUT2D eigenvalue weighted by Crippen LogP contribution is 2.51. The SMILES string of the molecule is Clc1cccc(C2Oc3c(Br)cc(Br)cc3C3CC(c4cccs4)=NN32)c1. The summed E-state index contributed by atoms with van der Waals surface area (Å²) in [5.41, 5.74) is 3.21. The van der Waals surface area contributed by atoms with Gasteiger partial charge >= 0.3 is 0 Å². The first-order valence-corrected chi connectivity index (χ1v) is 11.3. The van der Waals surface area contributed by atoms with E-state index in [9.17, 15) is 0 Å². The summed E-state index contributed by atoms with van der Waals surface area (Å²) in [5.74, 6) is 0.868. The first kappa shape index (κ1) is 17.7. The van der Waals surface area contributed by atoms with Crippen LogP contribution >= 0.6 is 54.8 Å². The molecule has 2 aromatic carbocycles. The van der Waals surface area contributed by atoms with Gasteiger partial charge in [-0.1, -0.05) is 45.7 Å². The van der Waals surface area contributed by atoms with Gasteiger partial charge in [0.25, 0.3) is 0 Å². The van der Waals surface area contributed by atoms with E-state index in [1.807, 2.05) is 30.3 Å². The molecule has 2 unspecified atom stereocenters. The average Bonchev–Trinajstić information content (AvgIpc) is 3.31. The Morgan fingerprint density at radius 1 is 1.15 bits per heavy atom. The Labute approximate surface area is 182 Å². The molecule has 0 N–H and O–H groups in total. The fourth-order valence-electron chi connectivity index (χ4n) is 3.59. The Hall–Kier alpha value is -1.34. The van der Waals surface area contributed by atoms with Crippen LogP contribution in [0.5, 0.6) is 5.75 Å². The summed E-state index contributed by atoms with van der Waals surface area (Å²) in [5, 5.41) is 9.81. The highest BCUT2D eigenvalue weighted by atomic mass is 79.9. The van der Waals surface area contributed by atoms with E-state index >= 15 is 0 Å². The van der Waals surface area contributed by atoms with Crippen LogP contribution in [0.1, 0.15) is 34.7 Å². The minimum Gasteiger partial charge on any atom is -0.463 e. The van der Waals surface area contributed by atoms with Crippen LogP contribution < -0.4 is 4.74 Å². The van der Waals surface area contributed by atoms with Gasteiger partial charge in [-0.15, -0.1) is 11.3 Å². The third kappa shape index (κ3) is 3.12. The van der Waals surface area contributed by atoms with Crippen LogP contribution in [0.4, 0.5) is 0 Å². The van der Waals surface area contributed by atoms with Crippen LogP contribution in [-0.4, -0.2) is 10.7 Å². The molecular formula is C20H13Br2ClN2OS. The van der Waals surface area contributed by atoms with Crippen LogP contribution in [0.2, 0.25) is 5.02 Å². The van der Waals surface area contributed by atoms with E-state index in [0.717, 1.165) is 38.0 Å². The van der Waals surface area contributed by atoms with Crippen LogP contribution in [0, 0.1) is 0 Å². The van der Waals surface area contributed by atoms with E-state index in [4.69, 9.17) is 21.4 Å². The molecule has 0 fully saturated rings. The molecule has 0 spiro atoms. The summed E-state index contributed by atoms with van der Waals surface area (Å²) >= 11 is 15.2. The van der Waals surface area contributed by atoms with Gasteiger partial charge < -0.3 is 4.74 Å². The van der Waals surface area contributed by atoms with Gasteiger partial charge in [0.2, 0.25) is 6.23 Å². The minimum absolute atomic E-state index is 0.114. The molecule has 2 aliphatic heterocycles. The van der Waals surface area contributed by atoms with E-state index in [1.54, 1.807) is 11.3 Å². The van der Waals surface area contributed by atoms with Crippen molar-refractivity contribution in [2.24, 2.45) is 5.10 Å². The normalized spacial score (nSPS) is 20.7. The van der Waals surface area contributed by atoms with Crippen molar-refractivity contribution in [1.29, 1.82) is 0 Å². The molecule has 5 rings (SSSR count). The second kappa shape index (κ2) is 6.92. The van der Waals surface area contributed by atoms with Crippen molar-refractivity contribution in [2.45, 2.75) is 18.7 Å². The molecule has 3 aromatic rings. The lowest BCUT2D eigenvalue weighted by atomic mass is 9.97. The molecule has 0 radical (unpaired) electrons. The molecular weight excluding hydrogens is 512 g/mol. The van der Waals surface area contributed by atoms with Gasteiger partial charge in [-0.25, -0.2) is 5.01 Å². The van der Waals surface area contributed by atoms with Crippen LogP contribution in [-0.2, 0) is 0 Å². The summed E-state index contributed by atoms with van der Waals surface area (Å²) in [6.07, 6.45) is 0.521. The van der Waals surface area contributed by atoms with Crippen LogP contribution in [0.3, 0.4) is 0 Å².